The summed E-state index contributed by atoms with van der Waals surface area (Å²) >= 11 is 11.3. The van der Waals surface area contributed by atoms with Crippen molar-refractivity contribution in [3.05, 3.63) is 46.7 Å². The van der Waals surface area contributed by atoms with E-state index in [9.17, 15) is 0 Å². The maximum atomic E-state index is 5.97. The van der Waals surface area contributed by atoms with Crippen molar-refractivity contribution < 1.29 is 0 Å². The van der Waals surface area contributed by atoms with Crippen molar-refractivity contribution in [2.24, 2.45) is 0 Å². The van der Waals surface area contributed by atoms with Crippen LogP contribution < -0.4 is 10.6 Å². The summed E-state index contributed by atoms with van der Waals surface area (Å²) in [6.07, 6.45) is 3.64. The topological polar surface area (TPSA) is 41.9 Å². The third kappa shape index (κ3) is 4.71. The highest BCUT2D eigenvalue weighted by molar-refractivity contribution is 7.80. The first-order valence-corrected chi connectivity index (χ1v) is 8.20. The van der Waals surface area contributed by atoms with Crippen molar-refractivity contribution in [3.63, 3.8) is 0 Å². The Morgan fingerprint density at radius 3 is 2.64 bits per heavy atom. The maximum absolute atomic E-state index is 5.97. The maximum Gasteiger partial charge on any atom is 0.170 e. The van der Waals surface area contributed by atoms with Crippen LogP contribution in [0.3, 0.4) is 0 Å². The van der Waals surface area contributed by atoms with Crippen LogP contribution in [0.25, 0.3) is 0 Å². The van der Waals surface area contributed by atoms with E-state index in [1.807, 2.05) is 23.7 Å². The van der Waals surface area contributed by atoms with Crippen LogP contribution in [-0.4, -0.2) is 21.4 Å². The van der Waals surface area contributed by atoms with E-state index in [0.717, 1.165) is 37.3 Å². The van der Waals surface area contributed by atoms with Crippen molar-refractivity contribution in [2.45, 2.75) is 33.2 Å². The fourth-order valence-electron chi connectivity index (χ4n) is 2.08. The molecule has 2 aromatic rings. The minimum absolute atomic E-state index is 0.638. The molecule has 2 N–H and O–H groups in total. The number of halogens is 1. The lowest BCUT2D eigenvalue weighted by Gasteiger charge is -2.11. The molecule has 0 radical (unpaired) electrons. The van der Waals surface area contributed by atoms with Crippen molar-refractivity contribution in [3.8, 4) is 0 Å². The summed E-state index contributed by atoms with van der Waals surface area (Å²) in [5.41, 5.74) is 3.32. The predicted molar refractivity (Wildman–Crippen MR) is 96.6 cm³/mol. The number of nitrogens with one attached hydrogen (secondary N) is 2. The van der Waals surface area contributed by atoms with Crippen LogP contribution in [0.4, 0.5) is 5.69 Å². The van der Waals surface area contributed by atoms with Crippen molar-refractivity contribution >= 4 is 34.6 Å². The van der Waals surface area contributed by atoms with Gasteiger partial charge in [0, 0.05) is 18.8 Å². The molecule has 22 heavy (non-hydrogen) atoms. The molecule has 0 saturated carbocycles. The fraction of sp³-hybridized carbons (Fsp3) is 0.375. The predicted octanol–water partition coefficient (Wildman–Crippen LogP) is 3.78. The monoisotopic (exact) mass is 336 g/mol. The smallest absolute Gasteiger partial charge is 0.170 e. The second-order valence-electron chi connectivity index (χ2n) is 5.09. The van der Waals surface area contributed by atoms with Gasteiger partial charge >= 0.3 is 0 Å². The lowest BCUT2D eigenvalue weighted by molar-refractivity contribution is 0.561. The molecular formula is C16H21ClN4S. The third-order valence-electron chi connectivity index (χ3n) is 3.50. The van der Waals surface area contributed by atoms with Crippen molar-refractivity contribution in [1.82, 2.24) is 15.1 Å². The molecule has 0 atom stereocenters. The van der Waals surface area contributed by atoms with Crippen LogP contribution >= 0.6 is 23.8 Å². The van der Waals surface area contributed by atoms with Gasteiger partial charge in [-0.3, -0.25) is 4.68 Å². The van der Waals surface area contributed by atoms with E-state index in [1.165, 1.54) is 5.56 Å². The van der Waals surface area contributed by atoms with Gasteiger partial charge in [-0.1, -0.05) is 30.7 Å². The molecule has 1 aromatic heterocycles. The molecule has 118 valence electrons. The third-order valence-corrected chi connectivity index (χ3v) is 4.11. The largest absolute Gasteiger partial charge is 0.362 e. The highest BCUT2D eigenvalue weighted by Crippen LogP contribution is 2.13. The van der Waals surface area contributed by atoms with E-state index in [-0.39, 0.29) is 0 Å². The SMILES string of the molecule is CCc1ccc(NC(=S)NCCCn2ncc(Cl)c2C)cc1. The van der Waals surface area contributed by atoms with Crippen molar-refractivity contribution in [2.75, 3.05) is 11.9 Å². The van der Waals surface area contributed by atoms with Crippen LogP contribution in [0.1, 0.15) is 24.6 Å². The van der Waals surface area contributed by atoms with E-state index in [1.54, 1.807) is 6.20 Å². The van der Waals surface area contributed by atoms with Crippen LogP contribution in [0.2, 0.25) is 5.02 Å². The van der Waals surface area contributed by atoms with Gasteiger partial charge in [0.1, 0.15) is 0 Å². The molecule has 0 aliphatic heterocycles. The molecule has 0 spiro atoms. The first kappa shape index (κ1) is 16.8. The van der Waals surface area contributed by atoms with E-state index >= 15 is 0 Å². The Kier molecular flexibility index (Phi) is 6.21. The van der Waals surface area contributed by atoms with Gasteiger partial charge in [0.25, 0.3) is 0 Å². The normalized spacial score (nSPS) is 10.5. The zero-order chi connectivity index (χ0) is 15.9. The van der Waals surface area contributed by atoms with E-state index in [4.69, 9.17) is 23.8 Å². The van der Waals surface area contributed by atoms with Gasteiger partial charge in [0.05, 0.1) is 16.9 Å². The number of thiocarbonyl (C=S) groups is 1. The second kappa shape index (κ2) is 8.15. The molecule has 1 aromatic carbocycles. The lowest BCUT2D eigenvalue weighted by Crippen LogP contribution is -2.29. The zero-order valence-corrected chi connectivity index (χ0v) is 14.5. The number of aromatic nitrogens is 2. The minimum atomic E-state index is 0.638. The fourth-order valence-corrected chi connectivity index (χ4v) is 2.44. The Balaban J connectivity index is 1.70. The highest BCUT2D eigenvalue weighted by Gasteiger charge is 2.03. The number of aryl methyl sites for hydroxylation is 2. The van der Waals surface area contributed by atoms with Crippen LogP contribution in [-0.2, 0) is 13.0 Å². The van der Waals surface area contributed by atoms with Gasteiger partial charge in [-0.15, -0.1) is 0 Å². The summed E-state index contributed by atoms with van der Waals surface area (Å²) < 4.78 is 1.91. The van der Waals surface area contributed by atoms with Crippen molar-refractivity contribution in [1.29, 1.82) is 0 Å². The van der Waals surface area contributed by atoms with Gasteiger partial charge < -0.3 is 10.6 Å². The number of hydrogen-bond donors (Lipinski definition) is 2. The summed E-state index contributed by atoms with van der Waals surface area (Å²) in [6.45, 7) is 5.72. The van der Waals surface area contributed by atoms with Gasteiger partial charge in [0.2, 0.25) is 0 Å². The second-order valence-corrected chi connectivity index (χ2v) is 5.90. The molecule has 1 heterocycles. The summed E-state index contributed by atoms with van der Waals surface area (Å²) in [5, 5.41) is 12.0. The van der Waals surface area contributed by atoms with Gasteiger partial charge in [-0.25, -0.2) is 0 Å². The van der Waals surface area contributed by atoms with Gasteiger partial charge in [-0.2, -0.15) is 5.10 Å². The number of rotatable bonds is 6. The van der Waals surface area contributed by atoms with E-state index in [2.05, 4.69) is 34.8 Å². The lowest BCUT2D eigenvalue weighted by atomic mass is 10.1. The Labute approximate surface area is 141 Å². The Morgan fingerprint density at radius 1 is 1.32 bits per heavy atom. The average Bonchev–Trinajstić information content (AvgIpc) is 2.84. The first-order chi connectivity index (χ1) is 10.6. The van der Waals surface area contributed by atoms with Crippen LogP contribution in [0.5, 0.6) is 0 Å². The molecule has 0 unspecified atom stereocenters. The summed E-state index contributed by atoms with van der Waals surface area (Å²) in [5.74, 6) is 0. The Hall–Kier alpha value is -1.59. The Morgan fingerprint density at radius 2 is 2.05 bits per heavy atom. The molecule has 0 bridgehead atoms. The number of benzene rings is 1. The molecule has 6 heteroatoms. The summed E-state index contributed by atoms with van der Waals surface area (Å²) in [7, 11) is 0. The Bertz CT molecular complexity index is 622. The molecule has 4 nitrogen and oxygen atoms in total. The minimum Gasteiger partial charge on any atom is -0.362 e. The first-order valence-electron chi connectivity index (χ1n) is 7.42. The summed E-state index contributed by atoms with van der Waals surface area (Å²) in [6, 6.07) is 8.30. The molecule has 0 amide bonds. The number of nitrogens with zero attached hydrogens (tertiary/aromatic N) is 2. The standard InChI is InChI=1S/C16H21ClN4S/c1-3-13-5-7-14(8-6-13)20-16(22)18-9-4-10-21-12(2)15(17)11-19-21/h5-8,11H,3-4,9-10H2,1-2H3,(H2,18,20,22). The number of anilines is 1. The molecule has 0 aliphatic carbocycles. The summed E-state index contributed by atoms with van der Waals surface area (Å²) in [4.78, 5) is 0. The quantitative estimate of drug-likeness (QED) is 0.622. The van der Waals surface area contributed by atoms with E-state index < -0.39 is 0 Å². The molecule has 0 aliphatic rings. The highest BCUT2D eigenvalue weighted by atomic mass is 35.5. The average molecular weight is 337 g/mol. The molecule has 0 fully saturated rings. The van der Waals surface area contributed by atoms with Crippen LogP contribution in [0.15, 0.2) is 30.5 Å². The molecular weight excluding hydrogens is 316 g/mol. The molecule has 0 saturated heterocycles. The number of hydrogen-bond acceptors (Lipinski definition) is 2. The molecule has 2 rings (SSSR count). The van der Waals surface area contributed by atoms with Gasteiger partial charge in [0.15, 0.2) is 5.11 Å². The zero-order valence-electron chi connectivity index (χ0n) is 12.9. The van der Waals surface area contributed by atoms with Gasteiger partial charge in [-0.05, 0) is 49.7 Å². The van der Waals surface area contributed by atoms with Crippen LogP contribution in [0, 0.1) is 6.92 Å². The van der Waals surface area contributed by atoms with E-state index in [0.29, 0.717) is 10.1 Å².